The SMILES string of the molecule is C/C=C\C(=C/C)N[C@H]1C[C@@H](C)N(C(C)=O)c2ccc(-c3ccco3)cc21. The van der Waals surface area contributed by atoms with E-state index in [0.717, 1.165) is 34.7 Å². The highest BCUT2D eigenvalue weighted by molar-refractivity contribution is 5.94. The number of rotatable bonds is 4. The summed E-state index contributed by atoms with van der Waals surface area (Å²) < 4.78 is 5.56. The molecular formula is C22H26N2O2. The number of amides is 1. The Balaban J connectivity index is 2.07. The number of benzene rings is 1. The molecule has 1 aromatic heterocycles. The largest absolute Gasteiger partial charge is 0.464 e. The Bertz CT molecular complexity index is 834. The third-order valence-electron chi connectivity index (χ3n) is 4.82. The zero-order valence-corrected chi connectivity index (χ0v) is 15.8. The third kappa shape index (κ3) is 3.45. The minimum Gasteiger partial charge on any atom is -0.464 e. The van der Waals surface area contributed by atoms with Gasteiger partial charge in [-0.25, -0.2) is 0 Å². The van der Waals surface area contributed by atoms with Gasteiger partial charge in [0.25, 0.3) is 0 Å². The van der Waals surface area contributed by atoms with Crippen molar-refractivity contribution in [3.63, 3.8) is 0 Å². The van der Waals surface area contributed by atoms with Crippen molar-refractivity contribution in [1.82, 2.24) is 5.32 Å². The van der Waals surface area contributed by atoms with Crippen LogP contribution in [0.2, 0.25) is 0 Å². The fraction of sp³-hybridized carbons (Fsp3) is 0.318. The fourth-order valence-corrected chi connectivity index (χ4v) is 3.69. The van der Waals surface area contributed by atoms with Crippen molar-refractivity contribution in [1.29, 1.82) is 0 Å². The molecule has 0 aliphatic carbocycles. The van der Waals surface area contributed by atoms with E-state index in [4.69, 9.17) is 4.42 Å². The summed E-state index contributed by atoms with van der Waals surface area (Å²) in [5, 5.41) is 3.63. The molecule has 1 N–H and O–H groups in total. The summed E-state index contributed by atoms with van der Waals surface area (Å²) in [4.78, 5) is 14.1. The lowest BCUT2D eigenvalue weighted by Gasteiger charge is -2.40. The van der Waals surface area contributed by atoms with Crippen molar-refractivity contribution in [2.45, 2.75) is 46.2 Å². The van der Waals surface area contributed by atoms with Crippen molar-refractivity contribution in [2.24, 2.45) is 0 Å². The Morgan fingerprint density at radius 1 is 1.31 bits per heavy atom. The Kier molecular flexibility index (Phi) is 5.31. The molecule has 3 rings (SSSR count). The molecule has 1 amide bonds. The van der Waals surface area contributed by atoms with Crippen LogP contribution in [-0.4, -0.2) is 11.9 Å². The summed E-state index contributed by atoms with van der Waals surface area (Å²) in [5.74, 6) is 0.905. The number of furan rings is 1. The predicted molar refractivity (Wildman–Crippen MR) is 106 cm³/mol. The van der Waals surface area contributed by atoms with Gasteiger partial charge in [-0.2, -0.15) is 0 Å². The molecule has 136 valence electrons. The number of nitrogens with one attached hydrogen (secondary N) is 1. The summed E-state index contributed by atoms with van der Waals surface area (Å²) in [6, 6.07) is 10.3. The molecule has 2 heterocycles. The first-order valence-corrected chi connectivity index (χ1v) is 9.08. The highest BCUT2D eigenvalue weighted by Gasteiger charge is 2.32. The number of hydrogen-bond donors (Lipinski definition) is 1. The number of fused-ring (bicyclic) bond motifs is 1. The second kappa shape index (κ2) is 7.65. The minimum atomic E-state index is 0.0719. The van der Waals surface area contributed by atoms with Gasteiger partial charge >= 0.3 is 0 Å². The van der Waals surface area contributed by atoms with Crippen LogP contribution < -0.4 is 10.2 Å². The maximum atomic E-state index is 12.2. The Morgan fingerprint density at radius 2 is 2.12 bits per heavy atom. The van der Waals surface area contributed by atoms with Crippen LogP contribution in [0.15, 0.2) is 64.9 Å². The lowest BCUT2D eigenvalue weighted by atomic mass is 9.89. The molecule has 2 aromatic rings. The molecule has 26 heavy (non-hydrogen) atoms. The van der Waals surface area contributed by atoms with Gasteiger partial charge < -0.3 is 14.6 Å². The van der Waals surface area contributed by atoms with E-state index in [1.165, 1.54) is 0 Å². The Morgan fingerprint density at radius 3 is 2.73 bits per heavy atom. The summed E-state index contributed by atoms with van der Waals surface area (Å²) in [6.45, 7) is 7.77. The molecule has 4 nitrogen and oxygen atoms in total. The molecule has 0 unspecified atom stereocenters. The zero-order valence-electron chi connectivity index (χ0n) is 15.8. The van der Waals surface area contributed by atoms with Gasteiger partial charge in [0.15, 0.2) is 0 Å². The first-order valence-electron chi connectivity index (χ1n) is 9.08. The van der Waals surface area contributed by atoms with E-state index >= 15 is 0 Å². The number of allylic oxidation sites excluding steroid dienone is 3. The third-order valence-corrected chi connectivity index (χ3v) is 4.82. The van der Waals surface area contributed by atoms with E-state index in [0.29, 0.717) is 0 Å². The van der Waals surface area contributed by atoms with Gasteiger partial charge in [0.05, 0.1) is 12.3 Å². The maximum Gasteiger partial charge on any atom is 0.224 e. The van der Waals surface area contributed by atoms with Crippen LogP contribution in [0.3, 0.4) is 0 Å². The molecule has 0 saturated carbocycles. The number of carbonyl (C=O) groups is 1. The van der Waals surface area contributed by atoms with Crippen LogP contribution in [0.5, 0.6) is 0 Å². The van der Waals surface area contributed by atoms with Gasteiger partial charge in [0.1, 0.15) is 5.76 Å². The number of hydrogen-bond acceptors (Lipinski definition) is 3. The highest BCUT2D eigenvalue weighted by Crippen LogP contribution is 2.40. The van der Waals surface area contributed by atoms with Crippen molar-refractivity contribution >= 4 is 11.6 Å². The summed E-state index contributed by atoms with van der Waals surface area (Å²) in [7, 11) is 0. The van der Waals surface area contributed by atoms with Crippen molar-refractivity contribution in [3.8, 4) is 11.3 Å². The molecular weight excluding hydrogens is 324 g/mol. The van der Waals surface area contributed by atoms with Gasteiger partial charge in [0, 0.05) is 29.9 Å². The molecule has 0 radical (unpaired) electrons. The van der Waals surface area contributed by atoms with E-state index < -0.39 is 0 Å². The molecule has 0 fully saturated rings. The first kappa shape index (κ1) is 18.1. The van der Waals surface area contributed by atoms with Crippen molar-refractivity contribution in [3.05, 3.63) is 66.1 Å². The topological polar surface area (TPSA) is 45.5 Å². The van der Waals surface area contributed by atoms with E-state index in [1.54, 1.807) is 13.2 Å². The summed E-state index contributed by atoms with van der Waals surface area (Å²) >= 11 is 0. The molecule has 1 aromatic carbocycles. The van der Waals surface area contributed by atoms with E-state index in [9.17, 15) is 4.79 Å². The quantitative estimate of drug-likeness (QED) is 0.771. The number of nitrogens with zero attached hydrogens (tertiary/aromatic N) is 1. The fourth-order valence-electron chi connectivity index (χ4n) is 3.69. The second-order valence-corrected chi connectivity index (χ2v) is 6.67. The first-order chi connectivity index (χ1) is 12.5. The maximum absolute atomic E-state index is 12.2. The van der Waals surface area contributed by atoms with Gasteiger partial charge in [-0.05, 0) is 69.2 Å². The lowest BCUT2D eigenvalue weighted by Crippen LogP contribution is -2.44. The average molecular weight is 350 g/mol. The van der Waals surface area contributed by atoms with Crippen molar-refractivity contribution < 1.29 is 9.21 Å². The Hall–Kier alpha value is -2.75. The van der Waals surface area contributed by atoms with Gasteiger partial charge in [-0.1, -0.05) is 12.2 Å². The van der Waals surface area contributed by atoms with Crippen LogP contribution in [0, 0.1) is 0 Å². The van der Waals surface area contributed by atoms with Gasteiger partial charge in [-0.15, -0.1) is 0 Å². The van der Waals surface area contributed by atoms with Crippen LogP contribution in [0.4, 0.5) is 5.69 Å². The van der Waals surface area contributed by atoms with E-state index in [-0.39, 0.29) is 18.0 Å². The van der Waals surface area contributed by atoms with Gasteiger partial charge in [0.2, 0.25) is 5.91 Å². The zero-order chi connectivity index (χ0) is 18.7. The normalized spacial score (nSPS) is 20.3. The summed E-state index contributed by atoms with van der Waals surface area (Å²) in [6.07, 6.45) is 8.69. The standard InChI is InChI=1S/C22H26N2O2/c1-5-8-18(6-2)23-20-13-15(3)24(16(4)25)21-11-10-17(14-19(20)21)22-9-7-12-26-22/h5-12,14-15,20,23H,13H2,1-4H3/b8-5-,18-6+/t15-,20+/m1/s1. The van der Waals surface area contributed by atoms with Crippen LogP contribution in [0.1, 0.15) is 45.7 Å². The lowest BCUT2D eigenvalue weighted by molar-refractivity contribution is -0.117. The number of anilines is 1. The molecule has 0 bridgehead atoms. The molecule has 2 atom stereocenters. The van der Waals surface area contributed by atoms with E-state index in [2.05, 4.69) is 30.5 Å². The van der Waals surface area contributed by atoms with Crippen LogP contribution in [0.25, 0.3) is 11.3 Å². The smallest absolute Gasteiger partial charge is 0.224 e. The predicted octanol–water partition coefficient (Wildman–Crippen LogP) is 5.20. The van der Waals surface area contributed by atoms with E-state index in [1.807, 2.05) is 49.1 Å². The highest BCUT2D eigenvalue weighted by atomic mass is 16.3. The number of carbonyl (C=O) groups excluding carboxylic acids is 1. The van der Waals surface area contributed by atoms with Crippen LogP contribution >= 0.6 is 0 Å². The van der Waals surface area contributed by atoms with Gasteiger partial charge in [-0.3, -0.25) is 4.79 Å². The molecule has 4 heteroatoms. The summed E-state index contributed by atoms with van der Waals surface area (Å²) in [5.41, 5.74) is 4.19. The molecule has 1 aliphatic heterocycles. The average Bonchev–Trinajstić information content (AvgIpc) is 3.15. The van der Waals surface area contributed by atoms with Crippen molar-refractivity contribution in [2.75, 3.05) is 4.90 Å². The molecule has 1 aliphatic rings. The molecule has 0 saturated heterocycles. The minimum absolute atomic E-state index is 0.0719. The van der Waals surface area contributed by atoms with Crippen LogP contribution in [-0.2, 0) is 4.79 Å². The second-order valence-electron chi connectivity index (χ2n) is 6.67. The molecule has 0 spiro atoms. The Labute approximate surface area is 155 Å². The monoisotopic (exact) mass is 350 g/mol.